The molecule has 0 aromatic carbocycles. The van der Waals surface area contributed by atoms with E-state index in [1.165, 1.54) is 199 Å². The van der Waals surface area contributed by atoms with Gasteiger partial charge in [-0.05, 0) is 49.4 Å². The molecule has 0 spiro atoms. The van der Waals surface area contributed by atoms with E-state index in [1.807, 2.05) is 0 Å². The number of phosphoric acid groups is 2. The van der Waals surface area contributed by atoms with Gasteiger partial charge in [-0.3, -0.25) is 37.3 Å². The Morgan fingerprint density at radius 1 is 0.283 bits per heavy atom. The normalized spacial score (nSPS) is 14.3. The molecule has 0 saturated carbocycles. The zero-order valence-electron chi connectivity index (χ0n) is 65.1. The summed E-state index contributed by atoms with van der Waals surface area (Å²) in [5.74, 6) is 0.957. The summed E-state index contributed by atoms with van der Waals surface area (Å²) >= 11 is 0. The zero-order valence-corrected chi connectivity index (χ0v) is 66.9. The van der Waals surface area contributed by atoms with E-state index < -0.39 is 97.5 Å². The van der Waals surface area contributed by atoms with Crippen molar-refractivity contribution in [3.05, 3.63) is 0 Å². The summed E-state index contributed by atoms with van der Waals surface area (Å²) in [6.45, 7) is 14.2. The molecule has 19 heteroatoms. The van der Waals surface area contributed by atoms with E-state index in [0.29, 0.717) is 37.5 Å². The number of aliphatic hydroxyl groups excluding tert-OH is 1. The second-order valence-corrected chi connectivity index (χ2v) is 33.4. The Morgan fingerprint density at radius 2 is 0.485 bits per heavy atom. The molecule has 3 N–H and O–H groups in total. The number of hydrogen-bond acceptors (Lipinski definition) is 15. The molecule has 0 aromatic rings. The van der Waals surface area contributed by atoms with Crippen LogP contribution in [0.2, 0.25) is 0 Å². The summed E-state index contributed by atoms with van der Waals surface area (Å²) in [6.07, 6.45) is 55.8. The molecule has 17 nitrogen and oxygen atoms in total. The van der Waals surface area contributed by atoms with Crippen molar-refractivity contribution in [3.8, 4) is 0 Å². The number of phosphoric ester groups is 2. The number of rotatable bonds is 77. The van der Waals surface area contributed by atoms with Crippen molar-refractivity contribution in [1.82, 2.24) is 0 Å². The third kappa shape index (κ3) is 72.8. The van der Waals surface area contributed by atoms with Crippen LogP contribution in [0, 0.1) is 23.7 Å². The molecule has 588 valence electrons. The molecule has 0 heterocycles. The number of carbonyl (C=O) groups is 4. The van der Waals surface area contributed by atoms with E-state index in [4.69, 9.17) is 37.0 Å². The predicted octanol–water partition coefficient (Wildman–Crippen LogP) is 23.6. The van der Waals surface area contributed by atoms with Crippen LogP contribution in [0.15, 0.2) is 0 Å². The third-order valence-corrected chi connectivity index (χ3v) is 20.8. The van der Waals surface area contributed by atoms with Gasteiger partial charge in [-0.25, -0.2) is 9.13 Å². The maximum Gasteiger partial charge on any atom is 0.472 e. The van der Waals surface area contributed by atoms with Crippen LogP contribution >= 0.6 is 15.6 Å². The first kappa shape index (κ1) is 97.1. The largest absolute Gasteiger partial charge is 0.472 e. The van der Waals surface area contributed by atoms with Crippen LogP contribution in [0.1, 0.15) is 409 Å². The molecule has 6 atom stereocenters. The highest BCUT2D eigenvalue weighted by Gasteiger charge is 2.30. The average molecular weight is 1450 g/mol. The molecule has 0 radical (unpaired) electrons. The van der Waals surface area contributed by atoms with Gasteiger partial charge in [0.15, 0.2) is 12.2 Å². The van der Waals surface area contributed by atoms with Crippen molar-refractivity contribution in [2.24, 2.45) is 23.7 Å². The highest BCUT2D eigenvalue weighted by Crippen LogP contribution is 2.45. The number of hydrogen-bond donors (Lipinski definition) is 3. The Bertz CT molecular complexity index is 1940. The molecule has 0 saturated heterocycles. The van der Waals surface area contributed by atoms with Crippen LogP contribution in [-0.4, -0.2) is 96.7 Å². The minimum Gasteiger partial charge on any atom is -0.462 e. The molecule has 0 aliphatic heterocycles. The lowest BCUT2D eigenvalue weighted by Crippen LogP contribution is -2.30. The standard InChI is InChI=1S/C80H156O17P2/c1-9-73(8)59-51-43-35-27-23-19-14-12-10-11-13-15-20-24-28-36-46-54-62-79(84)96-75(66-90-77(82)60-52-44-38-30-33-41-49-57-71(4)5)68-94-98(86,87)92-64-74(81)65-93-99(88,89)95-69-76(67-91-78(83)61-53-45-39-31-34-42-50-58-72(6)7)97-80(85)63-55-47-37-29-25-21-17-16-18-22-26-32-40-48-56-70(2)3/h70-76,81H,9-69H2,1-8H3,(H,86,87)(H,88,89)/t73?,74?,75-,76-/m1/s1. The minimum absolute atomic E-state index is 0.106. The molecule has 99 heavy (non-hydrogen) atoms. The summed E-state index contributed by atoms with van der Waals surface area (Å²) < 4.78 is 68.6. The number of carbonyl (C=O) groups excluding carboxylic acids is 4. The van der Waals surface area contributed by atoms with Gasteiger partial charge in [0.2, 0.25) is 0 Å². The van der Waals surface area contributed by atoms with E-state index in [9.17, 15) is 43.2 Å². The Kier molecular flexibility index (Phi) is 67.8. The monoisotopic (exact) mass is 1450 g/mol. The molecule has 0 bridgehead atoms. The topological polar surface area (TPSA) is 237 Å². The average Bonchev–Trinajstić information content (AvgIpc) is 3.34. The highest BCUT2D eigenvalue weighted by molar-refractivity contribution is 7.47. The highest BCUT2D eigenvalue weighted by atomic mass is 31.2. The van der Waals surface area contributed by atoms with Crippen LogP contribution in [0.25, 0.3) is 0 Å². The maximum atomic E-state index is 13.1. The summed E-state index contributed by atoms with van der Waals surface area (Å²) in [5, 5.41) is 10.6. The van der Waals surface area contributed by atoms with Crippen molar-refractivity contribution in [1.29, 1.82) is 0 Å². The molecule has 0 rings (SSSR count). The van der Waals surface area contributed by atoms with Crippen LogP contribution in [0.5, 0.6) is 0 Å². The van der Waals surface area contributed by atoms with Gasteiger partial charge in [0.05, 0.1) is 26.4 Å². The van der Waals surface area contributed by atoms with Gasteiger partial charge in [0, 0.05) is 25.7 Å². The zero-order chi connectivity index (χ0) is 73.1. The van der Waals surface area contributed by atoms with Crippen molar-refractivity contribution in [2.75, 3.05) is 39.6 Å². The lowest BCUT2D eigenvalue weighted by molar-refractivity contribution is -0.161. The Morgan fingerprint density at radius 3 is 0.717 bits per heavy atom. The van der Waals surface area contributed by atoms with E-state index in [-0.39, 0.29) is 25.7 Å². The molecular weight excluding hydrogens is 1290 g/mol. The second-order valence-electron chi connectivity index (χ2n) is 30.5. The SMILES string of the molecule is CCC(C)CCCCCCCCCCCCCCCCCCCCC(=O)O[C@H](COC(=O)CCCCCCCCCC(C)C)COP(=O)(O)OCC(O)COP(=O)(O)OC[C@@H](COC(=O)CCCCCCCCCC(C)C)OC(=O)CCCCCCCCCCCCCCCCC(C)C. The first-order chi connectivity index (χ1) is 47.6. The van der Waals surface area contributed by atoms with Gasteiger partial charge < -0.3 is 33.8 Å². The fourth-order valence-electron chi connectivity index (χ4n) is 12.2. The van der Waals surface area contributed by atoms with Crippen LogP contribution < -0.4 is 0 Å². The first-order valence-electron chi connectivity index (χ1n) is 41.2. The summed E-state index contributed by atoms with van der Waals surface area (Å²) in [4.78, 5) is 72.9. The Labute approximate surface area is 607 Å². The van der Waals surface area contributed by atoms with Gasteiger partial charge in [-0.2, -0.15) is 0 Å². The molecule has 0 amide bonds. The lowest BCUT2D eigenvalue weighted by atomic mass is 9.99. The molecular formula is C80H156O17P2. The molecule has 0 fully saturated rings. The summed E-state index contributed by atoms with van der Waals surface area (Å²) in [6, 6.07) is 0. The van der Waals surface area contributed by atoms with Crippen molar-refractivity contribution >= 4 is 39.5 Å². The molecule has 0 aliphatic rings. The lowest BCUT2D eigenvalue weighted by Gasteiger charge is -2.21. The summed E-state index contributed by atoms with van der Waals surface area (Å²) in [5.41, 5.74) is 0. The molecule has 0 aliphatic carbocycles. The third-order valence-electron chi connectivity index (χ3n) is 18.9. The number of unbranched alkanes of at least 4 members (excludes halogenated alkanes) is 42. The second kappa shape index (κ2) is 69.1. The first-order valence-corrected chi connectivity index (χ1v) is 44.2. The molecule has 4 unspecified atom stereocenters. The van der Waals surface area contributed by atoms with Crippen LogP contribution in [-0.2, 0) is 65.4 Å². The predicted molar refractivity (Wildman–Crippen MR) is 404 cm³/mol. The van der Waals surface area contributed by atoms with E-state index in [2.05, 4.69) is 55.4 Å². The van der Waals surface area contributed by atoms with Gasteiger partial charge in [0.25, 0.3) is 0 Å². The van der Waals surface area contributed by atoms with Crippen molar-refractivity contribution in [3.63, 3.8) is 0 Å². The number of aliphatic hydroxyl groups is 1. The maximum absolute atomic E-state index is 13.1. The van der Waals surface area contributed by atoms with Crippen molar-refractivity contribution < 1.29 is 80.2 Å². The van der Waals surface area contributed by atoms with E-state index in [1.54, 1.807) is 0 Å². The summed E-state index contributed by atoms with van der Waals surface area (Å²) in [7, 11) is -9.92. The Balaban J connectivity index is 5.16. The van der Waals surface area contributed by atoms with Crippen molar-refractivity contribution in [2.45, 2.75) is 427 Å². The smallest absolute Gasteiger partial charge is 0.462 e. The Hall–Kier alpha value is -1.94. The fraction of sp³-hybridized carbons (Fsp3) is 0.950. The quantitative estimate of drug-likeness (QED) is 0.0222. The van der Waals surface area contributed by atoms with Gasteiger partial charge in [-0.1, -0.05) is 357 Å². The van der Waals surface area contributed by atoms with Gasteiger partial charge in [-0.15, -0.1) is 0 Å². The van der Waals surface area contributed by atoms with Gasteiger partial charge in [0.1, 0.15) is 19.3 Å². The van der Waals surface area contributed by atoms with E-state index in [0.717, 1.165) is 115 Å². The van der Waals surface area contributed by atoms with Crippen LogP contribution in [0.3, 0.4) is 0 Å². The van der Waals surface area contributed by atoms with E-state index >= 15 is 0 Å². The number of esters is 4. The molecule has 0 aromatic heterocycles. The number of ether oxygens (including phenoxy) is 4. The fourth-order valence-corrected chi connectivity index (χ4v) is 13.8. The minimum atomic E-state index is -4.96. The van der Waals surface area contributed by atoms with Crippen LogP contribution in [0.4, 0.5) is 0 Å². The van der Waals surface area contributed by atoms with Gasteiger partial charge >= 0.3 is 39.5 Å².